The van der Waals surface area contributed by atoms with Crippen molar-refractivity contribution in [1.29, 1.82) is 0 Å². The first-order chi connectivity index (χ1) is 12.6. The Morgan fingerprint density at radius 3 is 2.38 bits per heavy atom. The monoisotopic (exact) mass is 370 g/mol. The highest BCUT2D eigenvalue weighted by molar-refractivity contribution is 7.98. The fourth-order valence-corrected chi connectivity index (χ4v) is 3.33. The van der Waals surface area contributed by atoms with Crippen molar-refractivity contribution >= 4 is 17.8 Å². The number of nitrogens with one attached hydrogen (secondary N) is 1. The van der Waals surface area contributed by atoms with Crippen LogP contribution in [0.15, 0.2) is 53.4 Å². The Bertz CT molecular complexity index is 727. The Hall–Kier alpha value is -2.14. The van der Waals surface area contributed by atoms with Gasteiger partial charge in [0.15, 0.2) is 0 Å². The molecule has 4 nitrogen and oxygen atoms in total. The number of carbonyl (C=O) groups excluding carboxylic acids is 1. The highest BCUT2D eigenvalue weighted by Crippen LogP contribution is 2.29. The zero-order chi connectivity index (χ0) is 18.5. The lowest BCUT2D eigenvalue weighted by molar-refractivity contribution is 0.188. The first-order valence-electron chi connectivity index (χ1n) is 8.94. The third-order valence-electron chi connectivity index (χ3n) is 4.72. The van der Waals surface area contributed by atoms with Crippen LogP contribution in [0.2, 0.25) is 0 Å². The van der Waals surface area contributed by atoms with Crippen LogP contribution in [0.25, 0.3) is 0 Å². The van der Waals surface area contributed by atoms with E-state index in [0.717, 1.165) is 24.2 Å². The van der Waals surface area contributed by atoms with Crippen LogP contribution in [0.1, 0.15) is 36.9 Å². The van der Waals surface area contributed by atoms with Crippen LogP contribution in [0.5, 0.6) is 5.75 Å². The Labute approximate surface area is 159 Å². The van der Waals surface area contributed by atoms with E-state index in [2.05, 4.69) is 35.8 Å². The molecule has 0 radical (unpaired) electrons. The molecule has 2 amide bonds. The maximum atomic E-state index is 12.8. The molecular weight excluding hydrogens is 344 g/mol. The molecule has 0 aromatic heterocycles. The molecule has 2 aromatic rings. The van der Waals surface area contributed by atoms with E-state index in [0.29, 0.717) is 12.6 Å². The number of rotatable bonds is 7. The number of methoxy groups -OCH3 is 1. The van der Waals surface area contributed by atoms with E-state index >= 15 is 0 Å². The van der Waals surface area contributed by atoms with Crippen molar-refractivity contribution in [3.05, 3.63) is 59.7 Å². The van der Waals surface area contributed by atoms with Gasteiger partial charge >= 0.3 is 6.03 Å². The van der Waals surface area contributed by atoms with Crippen molar-refractivity contribution in [3.8, 4) is 5.75 Å². The van der Waals surface area contributed by atoms with E-state index < -0.39 is 0 Å². The minimum absolute atomic E-state index is 0.00441. The molecule has 0 heterocycles. The quantitative estimate of drug-likeness (QED) is 0.708. The maximum Gasteiger partial charge on any atom is 0.318 e. The molecule has 1 saturated carbocycles. The van der Waals surface area contributed by atoms with Crippen molar-refractivity contribution in [3.63, 3.8) is 0 Å². The second-order valence-corrected chi connectivity index (χ2v) is 7.53. The van der Waals surface area contributed by atoms with E-state index in [1.807, 2.05) is 36.1 Å². The molecule has 0 unspecified atom stereocenters. The number of carbonyl (C=O) groups is 1. The third-order valence-corrected chi connectivity index (χ3v) is 5.46. The predicted molar refractivity (Wildman–Crippen MR) is 107 cm³/mol. The minimum atomic E-state index is -0.0477. The van der Waals surface area contributed by atoms with Gasteiger partial charge in [0.2, 0.25) is 0 Å². The summed E-state index contributed by atoms with van der Waals surface area (Å²) in [4.78, 5) is 16.1. The molecule has 1 aliphatic rings. The molecular formula is C21H26N2O2S. The number of amides is 2. The summed E-state index contributed by atoms with van der Waals surface area (Å²) in [6.07, 6.45) is 4.25. The standard InChI is InChI=1S/C21H26N2O2S/c1-15(17-6-10-19(25-2)11-7-17)22-21(24)23(18-8-9-18)14-16-4-12-20(26-3)13-5-16/h4-7,10-13,15,18H,8-9,14H2,1-3H3,(H,22,24)/t15-/m0/s1. The van der Waals surface area contributed by atoms with E-state index in [-0.39, 0.29) is 12.1 Å². The summed E-state index contributed by atoms with van der Waals surface area (Å²) in [5, 5.41) is 3.14. The Kier molecular flexibility index (Phi) is 6.09. The van der Waals surface area contributed by atoms with Crippen molar-refractivity contribution in [1.82, 2.24) is 10.2 Å². The fraction of sp³-hybridized carbons (Fsp3) is 0.381. The van der Waals surface area contributed by atoms with Gasteiger partial charge in [0, 0.05) is 17.5 Å². The zero-order valence-electron chi connectivity index (χ0n) is 15.6. The van der Waals surface area contributed by atoms with Gasteiger partial charge in [0.1, 0.15) is 5.75 Å². The van der Waals surface area contributed by atoms with Crippen molar-refractivity contribution < 1.29 is 9.53 Å². The average Bonchev–Trinajstić information content (AvgIpc) is 3.51. The minimum Gasteiger partial charge on any atom is -0.497 e. The normalized spacial score (nSPS) is 14.6. The highest BCUT2D eigenvalue weighted by atomic mass is 32.2. The van der Waals surface area contributed by atoms with Gasteiger partial charge in [-0.05, 0) is 61.4 Å². The topological polar surface area (TPSA) is 41.6 Å². The van der Waals surface area contributed by atoms with Crippen molar-refractivity contribution in [2.24, 2.45) is 0 Å². The number of ether oxygens (including phenoxy) is 1. The first kappa shape index (κ1) is 18.6. The van der Waals surface area contributed by atoms with E-state index in [1.165, 1.54) is 10.5 Å². The summed E-state index contributed by atoms with van der Waals surface area (Å²) in [5.74, 6) is 0.820. The molecule has 1 aliphatic carbocycles. The molecule has 26 heavy (non-hydrogen) atoms. The number of nitrogens with zero attached hydrogens (tertiary/aromatic N) is 1. The van der Waals surface area contributed by atoms with Gasteiger partial charge in [-0.3, -0.25) is 0 Å². The first-order valence-corrected chi connectivity index (χ1v) is 10.2. The molecule has 1 atom stereocenters. The van der Waals surface area contributed by atoms with Crippen LogP contribution < -0.4 is 10.1 Å². The molecule has 0 spiro atoms. The van der Waals surface area contributed by atoms with Gasteiger partial charge in [-0.1, -0.05) is 24.3 Å². The van der Waals surface area contributed by atoms with Crippen LogP contribution in [-0.4, -0.2) is 30.3 Å². The predicted octanol–water partition coefficient (Wildman–Crippen LogP) is 4.85. The Morgan fingerprint density at radius 2 is 1.85 bits per heavy atom. The maximum absolute atomic E-state index is 12.8. The SMILES string of the molecule is COc1ccc([C@H](C)NC(=O)N(Cc2ccc(SC)cc2)C2CC2)cc1. The zero-order valence-corrected chi connectivity index (χ0v) is 16.4. The van der Waals surface area contributed by atoms with Crippen LogP contribution in [-0.2, 0) is 6.54 Å². The number of urea groups is 1. The van der Waals surface area contributed by atoms with Gasteiger partial charge in [0.25, 0.3) is 0 Å². The summed E-state index contributed by atoms with van der Waals surface area (Å²) in [7, 11) is 1.65. The lowest BCUT2D eigenvalue weighted by atomic mass is 10.1. The van der Waals surface area contributed by atoms with Gasteiger partial charge in [-0.15, -0.1) is 11.8 Å². The van der Waals surface area contributed by atoms with E-state index in [1.54, 1.807) is 18.9 Å². The second-order valence-electron chi connectivity index (χ2n) is 6.65. The molecule has 0 aliphatic heterocycles. The van der Waals surface area contributed by atoms with Crippen LogP contribution in [0.3, 0.4) is 0 Å². The number of hydrogen-bond acceptors (Lipinski definition) is 3. The van der Waals surface area contributed by atoms with Gasteiger partial charge < -0.3 is 15.0 Å². The fourth-order valence-electron chi connectivity index (χ4n) is 2.92. The summed E-state index contributed by atoms with van der Waals surface area (Å²) in [6, 6.07) is 16.6. The van der Waals surface area contributed by atoms with Crippen LogP contribution >= 0.6 is 11.8 Å². The smallest absolute Gasteiger partial charge is 0.318 e. The Morgan fingerprint density at radius 1 is 1.19 bits per heavy atom. The number of thioether (sulfide) groups is 1. The molecule has 3 rings (SSSR count). The van der Waals surface area contributed by atoms with E-state index in [9.17, 15) is 4.79 Å². The van der Waals surface area contributed by atoms with E-state index in [4.69, 9.17) is 4.74 Å². The van der Waals surface area contributed by atoms with Gasteiger partial charge in [-0.25, -0.2) is 4.79 Å². The van der Waals surface area contributed by atoms with Crippen LogP contribution in [0.4, 0.5) is 4.79 Å². The molecule has 1 N–H and O–H groups in total. The molecule has 2 aromatic carbocycles. The molecule has 138 valence electrons. The number of benzene rings is 2. The van der Waals surface area contributed by atoms with Gasteiger partial charge in [0.05, 0.1) is 13.2 Å². The number of hydrogen-bond donors (Lipinski definition) is 1. The Balaban J connectivity index is 1.64. The van der Waals surface area contributed by atoms with Crippen molar-refractivity contribution in [2.75, 3.05) is 13.4 Å². The molecule has 0 saturated heterocycles. The molecule has 5 heteroatoms. The summed E-state index contributed by atoms with van der Waals surface area (Å²) >= 11 is 1.73. The second kappa shape index (κ2) is 8.49. The lowest BCUT2D eigenvalue weighted by Gasteiger charge is -2.25. The lowest BCUT2D eigenvalue weighted by Crippen LogP contribution is -2.41. The van der Waals surface area contributed by atoms with Crippen molar-refractivity contribution in [2.45, 2.75) is 43.3 Å². The largest absolute Gasteiger partial charge is 0.497 e. The van der Waals surface area contributed by atoms with Gasteiger partial charge in [-0.2, -0.15) is 0 Å². The highest BCUT2D eigenvalue weighted by Gasteiger charge is 2.33. The summed E-state index contributed by atoms with van der Waals surface area (Å²) < 4.78 is 5.19. The summed E-state index contributed by atoms with van der Waals surface area (Å²) in [6.45, 7) is 2.67. The molecule has 1 fully saturated rings. The van der Waals surface area contributed by atoms with Crippen LogP contribution in [0, 0.1) is 0 Å². The third kappa shape index (κ3) is 4.73. The molecule has 0 bridgehead atoms. The average molecular weight is 371 g/mol. The summed E-state index contributed by atoms with van der Waals surface area (Å²) in [5.41, 5.74) is 2.24.